The molecule has 3 saturated heterocycles. The van der Waals surface area contributed by atoms with Gasteiger partial charge in [-0.2, -0.15) is 0 Å². The van der Waals surface area contributed by atoms with Gasteiger partial charge in [0.2, 0.25) is 5.91 Å². The first-order valence-electron chi connectivity index (χ1n) is 11.3. The van der Waals surface area contributed by atoms with Crippen LogP contribution in [-0.4, -0.2) is 83.9 Å². The zero-order chi connectivity index (χ0) is 21.8. The highest BCUT2D eigenvalue weighted by Crippen LogP contribution is 2.29. The maximum Gasteiger partial charge on any atom is 0.257 e. The van der Waals surface area contributed by atoms with Crippen molar-refractivity contribution in [3.05, 3.63) is 35.6 Å². The molecule has 1 aromatic rings. The lowest BCUT2D eigenvalue weighted by Crippen LogP contribution is -2.57. The molecular weight excluding hydrogens is 403 g/mol. The van der Waals surface area contributed by atoms with Gasteiger partial charge < -0.3 is 24.4 Å². The Labute approximate surface area is 182 Å². The van der Waals surface area contributed by atoms with E-state index in [1.807, 2.05) is 4.90 Å². The van der Waals surface area contributed by atoms with Gasteiger partial charge in [-0.05, 0) is 44.2 Å². The molecule has 4 rings (SSSR count). The number of aliphatic hydroxyl groups excluding tert-OH is 1. The molecule has 3 heterocycles. The molecule has 0 bridgehead atoms. The summed E-state index contributed by atoms with van der Waals surface area (Å²) in [4.78, 5) is 29.3. The lowest BCUT2D eigenvalue weighted by molar-refractivity contribution is -0.155. The Kier molecular flexibility index (Phi) is 7.20. The number of hydrogen-bond acceptors (Lipinski definition) is 5. The van der Waals surface area contributed by atoms with Crippen LogP contribution in [0.3, 0.4) is 0 Å². The van der Waals surface area contributed by atoms with Crippen LogP contribution >= 0.6 is 0 Å². The van der Waals surface area contributed by atoms with Crippen molar-refractivity contribution in [2.75, 3.05) is 32.8 Å². The largest absolute Gasteiger partial charge is 0.389 e. The first-order chi connectivity index (χ1) is 15.0. The third-order valence-corrected chi connectivity index (χ3v) is 6.46. The molecular formula is C23H31FN2O5. The van der Waals surface area contributed by atoms with Gasteiger partial charge in [0.25, 0.3) is 5.91 Å². The van der Waals surface area contributed by atoms with Crippen molar-refractivity contribution in [1.29, 1.82) is 0 Å². The van der Waals surface area contributed by atoms with E-state index in [0.717, 1.165) is 25.9 Å². The Morgan fingerprint density at radius 1 is 1.10 bits per heavy atom. The van der Waals surface area contributed by atoms with E-state index in [2.05, 4.69) is 0 Å². The number of β-amino-alcohol motifs (C(OH)–C–C–N with tert-alkyl or cyclic N) is 1. The fourth-order valence-corrected chi connectivity index (χ4v) is 4.83. The molecule has 1 N–H and O–H groups in total. The number of benzene rings is 1. The first kappa shape index (κ1) is 22.2. The van der Waals surface area contributed by atoms with Crippen molar-refractivity contribution in [2.45, 2.75) is 62.9 Å². The summed E-state index contributed by atoms with van der Waals surface area (Å²) in [6.07, 6.45) is 3.32. The summed E-state index contributed by atoms with van der Waals surface area (Å²) < 4.78 is 26.1. The quantitative estimate of drug-likeness (QED) is 0.787. The number of carbonyl (C=O) groups excluding carboxylic acids is 2. The van der Waals surface area contributed by atoms with Crippen molar-refractivity contribution in [3.8, 4) is 0 Å². The number of aliphatic hydroxyl groups is 1. The molecule has 0 saturated carbocycles. The van der Waals surface area contributed by atoms with Crippen molar-refractivity contribution in [3.63, 3.8) is 0 Å². The molecule has 3 aliphatic heterocycles. The van der Waals surface area contributed by atoms with Crippen LogP contribution in [0.1, 0.15) is 48.9 Å². The maximum absolute atomic E-state index is 14.3. The van der Waals surface area contributed by atoms with Crippen LogP contribution in [0.5, 0.6) is 0 Å². The third kappa shape index (κ3) is 5.25. The molecule has 8 heteroatoms. The number of fused-ring (bicyclic) bond motifs is 1. The number of halogens is 1. The predicted molar refractivity (Wildman–Crippen MR) is 111 cm³/mol. The van der Waals surface area contributed by atoms with Gasteiger partial charge in [0.05, 0.1) is 43.4 Å². The number of piperidine rings is 1. The lowest BCUT2D eigenvalue weighted by Gasteiger charge is -2.44. The molecule has 2 amide bonds. The van der Waals surface area contributed by atoms with Crippen LogP contribution in [-0.2, 0) is 14.3 Å². The molecule has 0 unspecified atom stereocenters. The predicted octanol–water partition coefficient (Wildman–Crippen LogP) is 1.98. The van der Waals surface area contributed by atoms with E-state index in [0.29, 0.717) is 19.3 Å². The van der Waals surface area contributed by atoms with Crippen LogP contribution < -0.4 is 0 Å². The Bertz CT molecular complexity index is 785. The van der Waals surface area contributed by atoms with Crippen molar-refractivity contribution in [1.82, 2.24) is 9.80 Å². The first-order valence-corrected chi connectivity index (χ1v) is 11.3. The van der Waals surface area contributed by atoms with E-state index in [1.54, 1.807) is 12.1 Å². The number of likely N-dealkylation sites (tertiary alicyclic amines) is 1. The second kappa shape index (κ2) is 10.1. The fraction of sp³-hybridized carbons (Fsp3) is 0.652. The maximum atomic E-state index is 14.3. The lowest BCUT2D eigenvalue weighted by atomic mass is 9.93. The highest BCUT2D eigenvalue weighted by atomic mass is 19.1. The molecule has 170 valence electrons. The minimum absolute atomic E-state index is 0.0164. The number of nitrogens with zero attached hydrogens (tertiary/aromatic N) is 2. The third-order valence-electron chi connectivity index (χ3n) is 6.46. The fourth-order valence-electron chi connectivity index (χ4n) is 4.83. The average molecular weight is 435 g/mol. The van der Waals surface area contributed by atoms with Crippen molar-refractivity contribution in [2.24, 2.45) is 0 Å². The molecule has 3 fully saturated rings. The smallest absolute Gasteiger partial charge is 0.257 e. The normalized spacial score (nSPS) is 29.6. The molecule has 4 atom stereocenters. The summed E-state index contributed by atoms with van der Waals surface area (Å²) in [5, 5.41) is 10.3. The molecule has 0 aromatic heterocycles. The van der Waals surface area contributed by atoms with Crippen LogP contribution in [0.15, 0.2) is 24.3 Å². The Morgan fingerprint density at radius 2 is 1.87 bits per heavy atom. The molecule has 3 aliphatic rings. The van der Waals surface area contributed by atoms with Gasteiger partial charge >= 0.3 is 0 Å². The van der Waals surface area contributed by atoms with E-state index >= 15 is 0 Å². The van der Waals surface area contributed by atoms with Crippen LogP contribution in [0.2, 0.25) is 0 Å². The minimum atomic E-state index is -0.852. The SMILES string of the molecule is O=C(C[C@@H]1CC[C@H]2[C@@H](COC[C@H](O)CN2C(=O)c2ccccc2F)O1)N1CCCCC1. The number of hydrogen-bond donors (Lipinski definition) is 1. The van der Waals surface area contributed by atoms with Crippen molar-refractivity contribution < 1.29 is 28.6 Å². The highest BCUT2D eigenvalue weighted by Gasteiger charge is 2.41. The van der Waals surface area contributed by atoms with Crippen LogP contribution in [0, 0.1) is 5.82 Å². The van der Waals surface area contributed by atoms with E-state index in [-0.39, 0.29) is 43.4 Å². The number of carbonyl (C=O) groups is 2. The van der Waals surface area contributed by atoms with E-state index in [9.17, 15) is 19.1 Å². The summed E-state index contributed by atoms with van der Waals surface area (Å²) in [5.74, 6) is -0.927. The molecule has 0 radical (unpaired) electrons. The van der Waals surface area contributed by atoms with Gasteiger partial charge in [0.1, 0.15) is 11.9 Å². The second-order valence-electron chi connectivity index (χ2n) is 8.72. The summed E-state index contributed by atoms with van der Waals surface area (Å²) in [5.41, 5.74) is -0.0164. The van der Waals surface area contributed by atoms with Gasteiger partial charge in [-0.25, -0.2) is 4.39 Å². The average Bonchev–Trinajstić information content (AvgIpc) is 2.77. The highest BCUT2D eigenvalue weighted by molar-refractivity contribution is 5.94. The second-order valence-corrected chi connectivity index (χ2v) is 8.72. The summed E-state index contributed by atoms with van der Waals surface area (Å²) in [7, 11) is 0. The molecule has 1 aromatic carbocycles. The van der Waals surface area contributed by atoms with Gasteiger partial charge in [-0.1, -0.05) is 12.1 Å². The van der Waals surface area contributed by atoms with Gasteiger partial charge in [0.15, 0.2) is 0 Å². The zero-order valence-electron chi connectivity index (χ0n) is 17.7. The van der Waals surface area contributed by atoms with Crippen LogP contribution in [0.4, 0.5) is 4.39 Å². The van der Waals surface area contributed by atoms with Crippen molar-refractivity contribution >= 4 is 11.8 Å². The topological polar surface area (TPSA) is 79.3 Å². The molecule has 7 nitrogen and oxygen atoms in total. The molecule has 0 aliphatic carbocycles. The van der Waals surface area contributed by atoms with E-state index < -0.39 is 23.9 Å². The zero-order valence-corrected chi connectivity index (χ0v) is 17.7. The molecule has 31 heavy (non-hydrogen) atoms. The number of ether oxygens (including phenoxy) is 2. The van der Waals surface area contributed by atoms with Gasteiger partial charge in [-0.3, -0.25) is 9.59 Å². The molecule has 0 spiro atoms. The van der Waals surface area contributed by atoms with E-state index in [1.165, 1.54) is 23.5 Å². The Balaban J connectivity index is 1.46. The number of amides is 2. The van der Waals surface area contributed by atoms with Gasteiger partial charge in [-0.15, -0.1) is 0 Å². The van der Waals surface area contributed by atoms with E-state index in [4.69, 9.17) is 9.47 Å². The summed E-state index contributed by atoms with van der Waals surface area (Å²) in [6, 6.07) is 5.53. The minimum Gasteiger partial charge on any atom is -0.389 e. The number of rotatable bonds is 3. The Morgan fingerprint density at radius 3 is 2.65 bits per heavy atom. The summed E-state index contributed by atoms with van der Waals surface area (Å²) >= 11 is 0. The monoisotopic (exact) mass is 434 g/mol. The van der Waals surface area contributed by atoms with Crippen LogP contribution in [0.25, 0.3) is 0 Å². The van der Waals surface area contributed by atoms with Gasteiger partial charge in [0, 0.05) is 19.6 Å². The summed E-state index contributed by atoms with van der Waals surface area (Å²) in [6.45, 7) is 1.96. The standard InChI is InChI=1S/C23H31FN2O5/c24-19-7-3-2-6-18(19)23(29)26-13-16(27)14-30-15-21-20(26)9-8-17(31-21)12-22(28)25-10-4-1-5-11-25/h2-3,6-7,16-17,20-21,27H,1,4-5,8-15H2/t16-,17+,20+,21-/m1/s1. The Hall–Kier alpha value is -2.03.